The molecule has 0 bridgehead atoms. The molecule has 0 aliphatic carbocycles. The molecule has 3 heteroatoms. The van der Waals surface area contributed by atoms with Crippen molar-refractivity contribution in [1.82, 2.24) is 0 Å². The van der Waals surface area contributed by atoms with E-state index in [0.29, 0.717) is 15.5 Å². The summed E-state index contributed by atoms with van der Waals surface area (Å²) in [5.74, 6) is -0.290. The van der Waals surface area contributed by atoms with E-state index in [4.69, 9.17) is 9.47 Å². The number of hydrogen-bond acceptors (Lipinski definition) is 2. The van der Waals surface area contributed by atoms with E-state index in [1.165, 1.54) is 25.7 Å². The zero-order valence-corrected chi connectivity index (χ0v) is 16.8. The molecule has 2 aliphatic rings. The first-order valence-corrected chi connectivity index (χ1v) is 10.7. The molecule has 2 heterocycles. The van der Waals surface area contributed by atoms with Gasteiger partial charge in [-0.05, 0) is 41.2 Å². The zero-order chi connectivity index (χ0) is 16.6. The van der Waals surface area contributed by atoms with Gasteiger partial charge in [-0.1, -0.05) is 56.4 Å². The summed E-state index contributed by atoms with van der Waals surface area (Å²) in [6.45, 7) is 18.6. The van der Waals surface area contributed by atoms with Crippen LogP contribution in [0.15, 0.2) is 0 Å². The lowest BCUT2D eigenvalue weighted by atomic mass is 9.83. The van der Waals surface area contributed by atoms with E-state index >= 15 is 0 Å². The lowest BCUT2D eigenvalue weighted by molar-refractivity contribution is -0.183. The van der Waals surface area contributed by atoms with Crippen LogP contribution in [-0.4, -0.2) is 34.5 Å². The maximum Gasteiger partial charge on any atom is 0.170 e. The summed E-state index contributed by atoms with van der Waals surface area (Å²) in [5, 5.41) is 1.16. The Morgan fingerprint density at radius 2 is 1.14 bits per heavy atom. The maximum atomic E-state index is 6.25. The van der Waals surface area contributed by atoms with Crippen molar-refractivity contribution in [2.24, 2.45) is 0 Å². The first kappa shape index (κ1) is 18.7. The van der Waals surface area contributed by atoms with Crippen LogP contribution in [0.4, 0.5) is 0 Å². The van der Waals surface area contributed by atoms with E-state index in [2.05, 4.69) is 48.5 Å². The second-order valence-corrected chi connectivity index (χ2v) is 12.2. The van der Waals surface area contributed by atoms with Crippen LogP contribution in [0.25, 0.3) is 0 Å². The SMILES string of the molecule is CCC1(CC)CC2(CC(CC)(CC)P1C(C)(C)C)OCCO2. The van der Waals surface area contributed by atoms with Crippen LogP contribution >= 0.6 is 7.92 Å². The standard InChI is InChI=1S/C19H37O2P/c1-8-17(9-2)14-19(20-12-13-21-19)15-18(10-3,11-4)22(17)16(5,6)7/h8-15H2,1-7H3. The van der Waals surface area contributed by atoms with Crippen molar-refractivity contribution in [3.05, 3.63) is 0 Å². The highest BCUT2D eigenvalue weighted by molar-refractivity contribution is 7.62. The highest BCUT2D eigenvalue weighted by atomic mass is 31.1. The van der Waals surface area contributed by atoms with Gasteiger partial charge < -0.3 is 9.47 Å². The number of hydrogen-bond donors (Lipinski definition) is 0. The topological polar surface area (TPSA) is 18.5 Å². The minimum atomic E-state index is -0.290. The molecule has 2 rings (SSSR count). The monoisotopic (exact) mass is 328 g/mol. The molecule has 130 valence electrons. The molecule has 2 saturated heterocycles. The largest absolute Gasteiger partial charge is 0.347 e. The van der Waals surface area contributed by atoms with E-state index < -0.39 is 0 Å². The Morgan fingerprint density at radius 1 is 0.773 bits per heavy atom. The predicted molar refractivity (Wildman–Crippen MR) is 97.2 cm³/mol. The Balaban J connectivity index is 2.56. The summed E-state index contributed by atoms with van der Waals surface area (Å²) in [5.41, 5.74) is 0. The average molecular weight is 328 g/mol. The summed E-state index contributed by atoms with van der Waals surface area (Å²) in [7, 11) is -0.111. The number of ether oxygens (including phenoxy) is 2. The van der Waals surface area contributed by atoms with Gasteiger partial charge in [0.05, 0.1) is 13.2 Å². The van der Waals surface area contributed by atoms with Gasteiger partial charge in [0.1, 0.15) is 0 Å². The van der Waals surface area contributed by atoms with Crippen molar-refractivity contribution in [3.8, 4) is 0 Å². The molecule has 0 N–H and O–H groups in total. The molecular weight excluding hydrogens is 291 g/mol. The van der Waals surface area contributed by atoms with Crippen LogP contribution < -0.4 is 0 Å². The van der Waals surface area contributed by atoms with Gasteiger partial charge in [-0.3, -0.25) is 0 Å². The van der Waals surface area contributed by atoms with Gasteiger partial charge >= 0.3 is 0 Å². The van der Waals surface area contributed by atoms with Crippen molar-refractivity contribution >= 4 is 7.92 Å². The van der Waals surface area contributed by atoms with Crippen molar-refractivity contribution in [2.45, 2.75) is 108 Å². The van der Waals surface area contributed by atoms with E-state index in [1.807, 2.05) is 0 Å². The summed E-state index contributed by atoms with van der Waals surface area (Å²) in [6.07, 6.45) is 7.23. The first-order chi connectivity index (χ1) is 10.2. The maximum absolute atomic E-state index is 6.25. The number of rotatable bonds is 4. The van der Waals surface area contributed by atoms with E-state index in [9.17, 15) is 0 Å². The normalized spacial score (nSPS) is 27.4. The Kier molecular flexibility index (Phi) is 5.38. The van der Waals surface area contributed by atoms with Crippen molar-refractivity contribution < 1.29 is 9.47 Å². The summed E-state index contributed by atoms with van der Waals surface area (Å²) >= 11 is 0. The Hall–Kier alpha value is 0.350. The summed E-state index contributed by atoms with van der Waals surface area (Å²) < 4.78 is 12.5. The molecule has 1 spiro atoms. The van der Waals surface area contributed by atoms with E-state index in [1.54, 1.807) is 0 Å². The van der Waals surface area contributed by atoms with Crippen molar-refractivity contribution in [1.29, 1.82) is 0 Å². The average Bonchev–Trinajstić information content (AvgIpc) is 2.92. The van der Waals surface area contributed by atoms with Crippen molar-refractivity contribution in [2.75, 3.05) is 13.2 Å². The lowest BCUT2D eigenvalue weighted by Gasteiger charge is -2.63. The molecular formula is C19H37O2P. The summed E-state index contributed by atoms with van der Waals surface area (Å²) in [4.78, 5) is 0. The molecule has 22 heavy (non-hydrogen) atoms. The second kappa shape index (κ2) is 6.34. The zero-order valence-electron chi connectivity index (χ0n) is 15.9. The molecule has 0 atom stereocenters. The van der Waals surface area contributed by atoms with Crippen LogP contribution in [0.2, 0.25) is 0 Å². The molecule has 0 aromatic carbocycles. The smallest absolute Gasteiger partial charge is 0.170 e. The van der Waals surface area contributed by atoms with E-state index in [-0.39, 0.29) is 13.7 Å². The molecule has 0 amide bonds. The molecule has 2 aliphatic heterocycles. The Morgan fingerprint density at radius 3 is 1.41 bits per heavy atom. The van der Waals surface area contributed by atoms with Crippen LogP contribution in [-0.2, 0) is 9.47 Å². The third-order valence-electron chi connectivity index (χ3n) is 6.26. The van der Waals surface area contributed by atoms with Crippen molar-refractivity contribution in [3.63, 3.8) is 0 Å². The second-order valence-electron chi connectivity index (χ2n) is 8.33. The fraction of sp³-hybridized carbons (Fsp3) is 1.00. The van der Waals surface area contributed by atoms with E-state index in [0.717, 1.165) is 26.1 Å². The molecule has 0 aromatic rings. The predicted octanol–water partition coefficient (Wildman–Crippen LogP) is 5.92. The minimum Gasteiger partial charge on any atom is -0.347 e. The fourth-order valence-corrected chi connectivity index (χ4v) is 11.4. The fourth-order valence-electron chi connectivity index (χ4n) is 5.48. The third kappa shape index (κ3) is 2.89. The molecule has 2 nitrogen and oxygen atoms in total. The molecule has 0 unspecified atom stereocenters. The van der Waals surface area contributed by atoms with Gasteiger partial charge in [0.2, 0.25) is 0 Å². The highest BCUT2D eigenvalue weighted by Gasteiger charge is 2.62. The Bertz CT molecular complexity index is 347. The first-order valence-electron chi connectivity index (χ1n) is 9.31. The lowest BCUT2D eigenvalue weighted by Crippen LogP contribution is -2.57. The van der Waals surface area contributed by atoms with Gasteiger partial charge in [-0.25, -0.2) is 0 Å². The third-order valence-corrected chi connectivity index (χ3v) is 11.1. The van der Waals surface area contributed by atoms with Gasteiger partial charge in [0, 0.05) is 12.8 Å². The Labute approximate surface area is 139 Å². The molecule has 0 aromatic heterocycles. The van der Waals surface area contributed by atoms with Gasteiger partial charge in [-0.2, -0.15) is 0 Å². The highest BCUT2D eigenvalue weighted by Crippen LogP contribution is 2.77. The van der Waals surface area contributed by atoms with Gasteiger partial charge in [-0.15, -0.1) is 0 Å². The van der Waals surface area contributed by atoms with Crippen LogP contribution in [0.1, 0.15) is 87.0 Å². The van der Waals surface area contributed by atoms with Gasteiger partial charge in [0.25, 0.3) is 0 Å². The minimum absolute atomic E-state index is 0.111. The van der Waals surface area contributed by atoms with Crippen LogP contribution in [0, 0.1) is 0 Å². The van der Waals surface area contributed by atoms with Crippen LogP contribution in [0.3, 0.4) is 0 Å². The summed E-state index contributed by atoms with van der Waals surface area (Å²) in [6, 6.07) is 0. The molecule has 2 fully saturated rings. The molecule has 0 radical (unpaired) electrons. The van der Waals surface area contributed by atoms with Gasteiger partial charge in [0.15, 0.2) is 5.79 Å². The quantitative estimate of drug-likeness (QED) is 0.596. The molecule has 0 saturated carbocycles. The van der Waals surface area contributed by atoms with Crippen LogP contribution in [0.5, 0.6) is 0 Å².